The van der Waals surface area contributed by atoms with E-state index < -0.39 is 5.97 Å². The zero-order chi connectivity index (χ0) is 13.3. The second kappa shape index (κ2) is 5.43. The van der Waals surface area contributed by atoms with Crippen molar-refractivity contribution in [2.75, 3.05) is 13.1 Å². The van der Waals surface area contributed by atoms with Crippen LogP contribution in [0.2, 0.25) is 0 Å². The predicted octanol–water partition coefficient (Wildman–Crippen LogP) is 3.29. The van der Waals surface area contributed by atoms with Gasteiger partial charge in [-0.3, -0.25) is 9.69 Å². The van der Waals surface area contributed by atoms with Crippen LogP contribution in [0.3, 0.4) is 0 Å². The first-order valence-electron chi connectivity index (χ1n) is 8.15. The third-order valence-corrected chi connectivity index (χ3v) is 5.80. The zero-order valence-corrected chi connectivity index (χ0v) is 11.9. The van der Waals surface area contributed by atoms with Crippen LogP contribution in [0.5, 0.6) is 0 Å². The van der Waals surface area contributed by atoms with Crippen LogP contribution in [0, 0.1) is 11.3 Å². The van der Waals surface area contributed by atoms with Gasteiger partial charge in [0.25, 0.3) is 0 Å². The molecule has 2 saturated carbocycles. The molecule has 0 amide bonds. The fourth-order valence-corrected chi connectivity index (χ4v) is 4.56. The maximum atomic E-state index is 11.0. The summed E-state index contributed by atoms with van der Waals surface area (Å²) in [6.45, 7) is 2.60. The van der Waals surface area contributed by atoms with E-state index in [2.05, 4.69) is 4.90 Å². The number of hydrogen-bond donors (Lipinski definition) is 1. The molecule has 0 unspecified atom stereocenters. The van der Waals surface area contributed by atoms with Gasteiger partial charge in [-0.05, 0) is 43.9 Å². The first kappa shape index (κ1) is 13.4. The Morgan fingerprint density at radius 3 is 2.05 bits per heavy atom. The molecule has 3 heteroatoms. The Kier molecular flexibility index (Phi) is 3.84. The van der Waals surface area contributed by atoms with E-state index in [0.717, 1.165) is 25.7 Å². The van der Waals surface area contributed by atoms with Crippen molar-refractivity contribution in [3.63, 3.8) is 0 Å². The molecule has 1 saturated heterocycles. The molecule has 0 aromatic heterocycles. The topological polar surface area (TPSA) is 40.5 Å². The van der Waals surface area contributed by atoms with Crippen molar-refractivity contribution in [3.8, 4) is 0 Å². The first-order chi connectivity index (χ1) is 9.19. The summed E-state index contributed by atoms with van der Waals surface area (Å²) in [5, 5.41) is 9.05. The molecule has 108 valence electrons. The summed E-state index contributed by atoms with van der Waals surface area (Å²) >= 11 is 0. The highest BCUT2D eigenvalue weighted by Gasteiger charge is 2.45. The van der Waals surface area contributed by atoms with Gasteiger partial charge in [0.15, 0.2) is 0 Å². The number of hydrogen-bond acceptors (Lipinski definition) is 2. The number of carbonyl (C=O) groups is 1. The molecule has 3 rings (SSSR count). The van der Waals surface area contributed by atoms with Crippen molar-refractivity contribution >= 4 is 5.97 Å². The number of aliphatic carboxylic acids is 1. The van der Waals surface area contributed by atoms with E-state index >= 15 is 0 Å². The van der Waals surface area contributed by atoms with Crippen LogP contribution < -0.4 is 0 Å². The van der Waals surface area contributed by atoms with Gasteiger partial charge >= 0.3 is 5.97 Å². The van der Waals surface area contributed by atoms with E-state index in [1.807, 2.05) is 0 Å². The molecular weight excluding hydrogens is 238 g/mol. The highest BCUT2D eigenvalue weighted by molar-refractivity contribution is 5.70. The fraction of sp³-hybridized carbons (Fsp3) is 0.938. The average molecular weight is 265 g/mol. The SMILES string of the molecule is O=C(O)C1CCC(N2CC3(CCCCCC3)C2)CC1. The van der Waals surface area contributed by atoms with Gasteiger partial charge in [-0.25, -0.2) is 0 Å². The summed E-state index contributed by atoms with van der Waals surface area (Å²) in [6, 6.07) is 0.685. The minimum atomic E-state index is -0.581. The van der Waals surface area contributed by atoms with Gasteiger partial charge in [0.1, 0.15) is 0 Å². The molecule has 0 radical (unpaired) electrons. The van der Waals surface area contributed by atoms with Crippen molar-refractivity contribution in [3.05, 3.63) is 0 Å². The van der Waals surface area contributed by atoms with Gasteiger partial charge in [-0.15, -0.1) is 0 Å². The van der Waals surface area contributed by atoms with Crippen LogP contribution in [0.1, 0.15) is 64.2 Å². The van der Waals surface area contributed by atoms with Crippen molar-refractivity contribution in [2.45, 2.75) is 70.3 Å². The summed E-state index contributed by atoms with van der Waals surface area (Å²) in [7, 11) is 0. The summed E-state index contributed by atoms with van der Waals surface area (Å²) in [4.78, 5) is 13.6. The molecular formula is C16H27NO2. The molecule has 0 aromatic rings. The number of nitrogens with zero attached hydrogens (tertiary/aromatic N) is 1. The van der Waals surface area contributed by atoms with Crippen molar-refractivity contribution in [2.24, 2.45) is 11.3 Å². The standard InChI is InChI=1S/C16H27NO2/c18-15(19)13-5-7-14(8-6-13)17-11-16(12-17)9-3-1-2-4-10-16/h13-14H,1-12H2,(H,18,19). The molecule has 0 bridgehead atoms. The van der Waals surface area contributed by atoms with E-state index in [0.29, 0.717) is 11.5 Å². The minimum absolute atomic E-state index is 0.0654. The van der Waals surface area contributed by atoms with Crippen LogP contribution in [0.4, 0.5) is 0 Å². The lowest BCUT2D eigenvalue weighted by Gasteiger charge is -2.54. The molecule has 1 N–H and O–H groups in total. The maximum Gasteiger partial charge on any atom is 0.306 e. The Morgan fingerprint density at radius 2 is 1.53 bits per heavy atom. The summed E-state index contributed by atoms with van der Waals surface area (Å²) < 4.78 is 0. The second-order valence-electron chi connectivity index (χ2n) is 7.16. The highest BCUT2D eigenvalue weighted by Crippen LogP contribution is 2.45. The van der Waals surface area contributed by atoms with Crippen molar-refractivity contribution in [1.82, 2.24) is 4.90 Å². The lowest BCUT2D eigenvalue weighted by molar-refractivity contribution is -0.143. The van der Waals surface area contributed by atoms with Crippen LogP contribution in [-0.4, -0.2) is 35.1 Å². The van der Waals surface area contributed by atoms with E-state index in [1.54, 1.807) is 0 Å². The van der Waals surface area contributed by atoms with Gasteiger partial charge in [0, 0.05) is 19.1 Å². The molecule has 19 heavy (non-hydrogen) atoms. The number of rotatable bonds is 2. The molecule has 1 heterocycles. The normalized spacial score (nSPS) is 35.6. The second-order valence-corrected chi connectivity index (χ2v) is 7.16. The molecule has 3 aliphatic rings. The summed E-state index contributed by atoms with van der Waals surface area (Å²) in [5.41, 5.74) is 0.653. The van der Waals surface area contributed by atoms with Gasteiger partial charge < -0.3 is 5.11 Å². The third-order valence-electron chi connectivity index (χ3n) is 5.80. The maximum absolute atomic E-state index is 11.0. The van der Waals surface area contributed by atoms with Gasteiger partial charge in [-0.2, -0.15) is 0 Å². The largest absolute Gasteiger partial charge is 0.481 e. The smallest absolute Gasteiger partial charge is 0.306 e. The van der Waals surface area contributed by atoms with E-state index in [-0.39, 0.29) is 5.92 Å². The van der Waals surface area contributed by atoms with E-state index in [1.165, 1.54) is 51.6 Å². The number of carboxylic acids is 1. The Labute approximate surface area is 116 Å². The quantitative estimate of drug-likeness (QED) is 0.833. The average Bonchev–Trinajstić information content (AvgIpc) is 2.63. The predicted molar refractivity (Wildman–Crippen MR) is 75.1 cm³/mol. The zero-order valence-electron chi connectivity index (χ0n) is 11.9. The van der Waals surface area contributed by atoms with Crippen LogP contribution in [-0.2, 0) is 4.79 Å². The Bertz CT molecular complexity index is 318. The molecule has 3 fully saturated rings. The number of likely N-dealkylation sites (tertiary alicyclic amines) is 1. The highest BCUT2D eigenvalue weighted by atomic mass is 16.4. The van der Waals surface area contributed by atoms with Crippen LogP contribution in [0.25, 0.3) is 0 Å². The van der Waals surface area contributed by atoms with Crippen LogP contribution >= 0.6 is 0 Å². The molecule has 1 aliphatic heterocycles. The molecule has 0 atom stereocenters. The third kappa shape index (κ3) is 2.81. The van der Waals surface area contributed by atoms with Crippen LogP contribution in [0.15, 0.2) is 0 Å². The van der Waals surface area contributed by atoms with Crippen molar-refractivity contribution < 1.29 is 9.90 Å². The molecule has 3 nitrogen and oxygen atoms in total. The molecule has 0 aromatic carbocycles. The van der Waals surface area contributed by atoms with E-state index in [9.17, 15) is 4.79 Å². The van der Waals surface area contributed by atoms with Gasteiger partial charge in [0.2, 0.25) is 0 Å². The Morgan fingerprint density at radius 1 is 0.947 bits per heavy atom. The fourth-order valence-electron chi connectivity index (χ4n) is 4.56. The Hall–Kier alpha value is -0.570. The monoisotopic (exact) mass is 265 g/mol. The minimum Gasteiger partial charge on any atom is -0.481 e. The lowest BCUT2D eigenvalue weighted by Crippen LogP contribution is -2.60. The van der Waals surface area contributed by atoms with Crippen molar-refractivity contribution in [1.29, 1.82) is 0 Å². The first-order valence-corrected chi connectivity index (χ1v) is 8.15. The summed E-state index contributed by atoms with van der Waals surface area (Å²) in [5.74, 6) is -0.647. The number of carboxylic acid groups (broad SMARTS) is 1. The van der Waals surface area contributed by atoms with Gasteiger partial charge in [-0.1, -0.05) is 25.7 Å². The lowest BCUT2D eigenvalue weighted by atomic mass is 9.71. The molecule has 2 aliphatic carbocycles. The van der Waals surface area contributed by atoms with Gasteiger partial charge in [0.05, 0.1) is 5.92 Å². The Balaban J connectivity index is 1.47. The van der Waals surface area contributed by atoms with E-state index in [4.69, 9.17) is 5.11 Å². The molecule has 1 spiro atoms. The summed E-state index contributed by atoms with van der Waals surface area (Å²) in [6.07, 6.45) is 12.6.